The molecule has 0 saturated carbocycles. The number of nitrogens with one attached hydrogen (secondary N) is 4. The molecule has 4 rings (SSSR count). The number of carbonyl (C=O) groups excluding carboxylic acids is 3. The molecule has 0 bridgehead atoms. The van der Waals surface area contributed by atoms with E-state index in [1.54, 1.807) is 0 Å². The number of piperidine rings is 1. The van der Waals surface area contributed by atoms with Gasteiger partial charge in [-0.1, -0.05) is 32.0 Å². The van der Waals surface area contributed by atoms with E-state index in [0.29, 0.717) is 55.0 Å². The third-order valence-corrected chi connectivity index (χ3v) is 7.09. The Morgan fingerprint density at radius 2 is 2.12 bits per heavy atom. The SMILES string of the molecule is CCNC(=O)Nc1sc2ccccc2c1C(=O)C1CNCCC12N=C(COCC(C)C)NC2=O. The lowest BCUT2D eigenvalue weighted by atomic mass is 9.74. The standard InChI is InChI=1S/C24H31N5O4S/c1-4-26-23(32)28-21-19(15-7-5-6-8-17(15)34-21)20(30)16-11-25-10-9-24(16)22(31)27-18(29-24)13-33-12-14(2)3/h5-8,14,16,25H,4,9-13H2,1-3H3,(H2,26,28,32)(H,27,29,31). The Morgan fingerprint density at radius 1 is 1.32 bits per heavy atom. The summed E-state index contributed by atoms with van der Waals surface area (Å²) in [6, 6.07) is 7.17. The van der Waals surface area contributed by atoms with E-state index in [4.69, 9.17) is 9.73 Å². The van der Waals surface area contributed by atoms with E-state index in [9.17, 15) is 14.4 Å². The molecular weight excluding hydrogens is 454 g/mol. The van der Waals surface area contributed by atoms with Crippen LogP contribution in [0, 0.1) is 11.8 Å². The van der Waals surface area contributed by atoms with Crippen LogP contribution in [0.15, 0.2) is 29.3 Å². The van der Waals surface area contributed by atoms with Crippen molar-refractivity contribution < 1.29 is 19.1 Å². The number of Topliss-reactive ketones (excluding diaryl/α,β-unsaturated/α-hetero) is 1. The molecule has 0 aliphatic carbocycles. The number of nitrogens with zero attached hydrogens (tertiary/aromatic N) is 1. The second kappa shape index (κ2) is 10.2. The second-order valence-corrected chi connectivity index (χ2v) is 10.1. The molecule has 2 aliphatic heterocycles. The van der Waals surface area contributed by atoms with Crippen LogP contribution in [-0.4, -0.2) is 61.9 Å². The first-order chi connectivity index (χ1) is 16.4. The van der Waals surface area contributed by atoms with Gasteiger partial charge in [0, 0.05) is 29.8 Å². The molecule has 3 heterocycles. The van der Waals surface area contributed by atoms with Crippen LogP contribution in [-0.2, 0) is 9.53 Å². The second-order valence-electron chi connectivity index (χ2n) is 9.00. The van der Waals surface area contributed by atoms with Crippen LogP contribution in [0.5, 0.6) is 0 Å². The number of benzene rings is 1. The van der Waals surface area contributed by atoms with Crippen molar-refractivity contribution in [3.05, 3.63) is 29.8 Å². The first kappa shape index (κ1) is 24.3. The van der Waals surface area contributed by atoms with Gasteiger partial charge in [-0.2, -0.15) is 0 Å². The molecule has 1 spiro atoms. The first-order valence-corrected chi connectivity index (χ1v) is 12.5. The molecule has 1 aromatic carbocycles. The highest BCUT2D eigenvalue weighted by atomic mass is 32.1. The fourth-order valence-corrected chi connectivity index (χ4v) is 5.57. The number of amidine groups is 1. The Kier molecular flexibility index (Phi) is 7.30. The number of amides is 3. The molecular formula is C24H31N5O4S. The minimum atomic E-state index is -1.19. The normalized spacial score (nSPS) is 22.2. The molecule has 9 nitrogen and oxygen atoms in total. The molecule has 2 aliphatic rings. The van der Waals surface area contributed by atoms with Crippen molar-refractivity contribution in [2.24, 2.45) is 16.8 Å². The monoisotopic (exact) mass is 485 g/mol. The van der Waals surface area contributed by atoms with Crippen molar-refractivity contribution in [1.82, 2.24) is 16.0 Å². The van der Waals surface area contributed by atoms with Crippen molar-refractivity contribution in [3.63, 3.8) is 0 Å². The van der Waals surface area contributed by atoms with E-state index < -0.39 is 11.5 Å². The number of aliphatic imine (C=N–C) groups is 1. The smallest absolute Gasteiger partial charge is 0.319 e. The molecule has 1 saturated heterocycles. The molecule has 1 fully saturated rings. The zero-order chi connectivity index (χ0) is 24.3. The van der Waals surface area contributed by atoms with Gasteiger partial charge >= 0.3 is 6.03 Å². The predicted molar refractivity (Wildman–Crippen MR) is 134 cm³/mol. The highest BCUT2D eigenvalue weighted by Crippen LogP contribution is 2.41. The summed E-state index contributed by atoms with van der Waals surface area (Å²) in [5, 5.41) is 12.9. The van der Waals surface area contributed by atoms with Gasteiger partial charge < -0.3 is 20.7 Å². The van der Waals surface area contributed by atoms with Crippen LogP contribution in [0.2, 0.25) is 0 Å². The topological polar surface area (TPSA) is 121 Å². The highest BCUT2D eigenvalue weighted by molar-refractivity contribution is 7.23. The van der Waals surface area contributed by atoms with Crippen molar-refractivity contribution in [2.75, 3.05) is 38.2 Å². The number of rotatable bonds is 8. The lowest BCUT2D eigenvalue weighted by molar-refractivity contribution is -0.125. The summed E-state index contributed by atoms with van der Waals surface area (Å²) in [5.41, 5.74) is -0.766. The van der Waals surface area contributed by atoms with Crippen LogP contribution in [0.4, 0.5) is 9.80 Å². The Hall–Kier alpha value is -2.82. The third-order valence-electron chi connectivity index (χ3n) is 6.01. The Bertz CT molecular complexity index is 1130. The average molecular weight is 486 g/mol. The highest BCUT2D eigenvalue weighted by Gasteiger charge is 2.54. The summed E-state index contributed by atoms with van der Waals surface area (Å²) in [6.45, 7) is 8.05. The largest absolute Gasteiger partial charge is 0.373 e. The minimum Gasteiger partial charge on any atom is -0.373 e. The maximum atomic E-state index is 14.1. The summed E-state index contributed by atoms with van der Waals surface area (Å²) in [5.74, 6) is -0.367. The molecule has 182 valence electrons. The van der Waals surface area contributed by atoms with Crippen LogP contribution < -0.4 is 21.3 Å². The van der Waals surface area contributed by atoms with Crippen LogP contribution >= 0.6 is 11.3 Å². The fourth-order valence-electron chi connectivity index (χ4n) is 4.46. The molecule has 3 amide bonds. The maximum absolute atomic E-state index is 14.1. The number of fused-ring (bicyclic) bond motifs is 1. The van der Waals surface area contributed by atoms with Gasteiger partial charge in [0.1, 0.15) is 17.4 Å². The zero-order valence-electron chi connectivity index (χ0n) is 19.7. The third kappa shape index (κ3) is 4.70. The first-order valence-electron chi connectivity index (χ1n) is 11.6. The number of thiophene rings is 1. The van der Waals surface area contributed by atoms with Gasteiger partial charge in [0.25, 0.3) is 5.91 Å². The van der Waals surface area contributed by atoms with Gasteiger partial charge in [-0.3, -0.25) is 19.9 Å². The predicted octanol–water partition coefficient (Wildman–Crippen LogP) is 2.77. The van der Waals surface area contributed by atoms with E-state index in [2.05, 4.69) is 35.1 Å². The van der Waals surface area contributed by atoms with E-state index in [1.165, 1.54) is 11.3 Å². The Balaban J connectivity index is 1.69. The van der Waals surface area contributed by atoms with Gasteiger partial charge in [-0.15, -0.1) is 11.3 Å². The molecule has 4 N–H and O–H groups in total. The lowest BCUT2D eigenvalue weighted by Crippen LogP contribution is -2.57. The van der Waals surface area contributed by atoms with Gasteiger partial charge in [-0.05, 0) is 31.9 Å². The number of carbonyl (C=O) groups is 3. The van der Waals surface area contributed by atoms with Crippen LogP contribution in [0.1, 0.15) is 37.6 Å². The summed E-state index contributed by atoms with van der Waals surface area (Å²) in [4.78, 5) is 44.3. The molecule has 2 aromatic rings. The Labute approximate surface area is 202 Å². The number of ketones is 1. The van der Waals surface area contributed by atoms with Gasteiger partial charge in [-0.25, -0.2) is 4.79 Å². The molecule has 2 unspecified atom stereocenters. The van der Waals surface area contributed by atoms with Crippen molar-refractivity contribution in [1.29, 1.82) is 0 Å². The van der Waals surface area contributed by atoms with Gasteiger partial charge in [0.15, 0.2) is 11.3 Å². The number of hydrogen-bond donors (Lipinski definition) is 4. The zero-order valence-corrected chi connectivity index (χ0v) is 20.5. The lowest BCUT2D eigenvalue weighted by Gasteiger charge is -2.36. The van der Waals surface area contributed by atoms with Gasteiger partial charge in [0.2, 0.25) is 0 Å². The van der Waals surface area contributed by atoms with Gasteiger partial charge in [0.05, 0.1) is 11.5 Å². The van der Waals surface area contributed by atoms with Crippen molar-refractivity contribution >= 4 is 50.0 Å². The van der Waals surface area contributed by atoms with Crippen molar-refractivity contribution in [3.8, 4) is 0 Å². The number of urea groups is 1. The summed E-state index contributed by atoms with van der Waals surface area (Å²) >= 11 is 1.35. The molecule has 0 radical (unpaired) electrons. The van der Waals surface area contributed by atoms with E-state index >= 15 is 0 Å². The summed E-state index contributed by atoms with van der Waals surface area (Å²) in [7, 11) is 0. The van der Waals surface area contributed by atoms with Crippen molar-refractivity contribution in [2.45, 2.75) is 32.7 Å². The van der Waals surface area contributed by atoms with E-state index in [0.717, 1.165) is 10.1 Å². The molecule has 34 heavy (non-hydrogen) atoms. The number of anilines is 1. The Morgan fingerprint density at radius 3 is 2.88 bits per heavy atom. The number of hydrogen-bond acceptors (Lipinski definition) is 7. The molecule has 10 heteroatoms. The van der Waals surface area contributed by atoms with Crippen LogP contribution in [0.25, 0.3) is 10.1 Å². The van der Waals surface area contributed by atoms with Crippen LogP contribution in [0.3, 0.4) is 0 Å². The molecule has 2 atom stereocenters. The summed E-state index contributed by atoms with van der Waals surface area (Å²) in [6.07, 6.45) is 0.407. The molecule has 1 aromatic heterocycles. The quantitative estimate of drug-likeness (QED) is 0.429. The average Bonchev–Trinajstić information content (AvgIpc) is 3.30. The van der Waals surface area contributed by atoms with E-state index in [-0.39, 0.29) is 24.3 Å². The minimum absolute atomic E-state index is 0.200. The van der Waals surface area contributed by atoms with E-state index in [1.807, 2.05) is 31.2 Å². The maximum Gasteiger partial charge on any atom is 0.319 e. The fraction of sp³-hybridized carbons (Fsp3) is 0.500. The number of ether oxygens (including phenoxy) is 1. The summed E-state index contributed by atoms with van der Waals surface area (Å²) < 4.78 is 6.56.